The number of methoxy groups -OCH3 is 1. The normalized spacial score (nSPS) is 18.3. The summed E-state index contributed by atoms with van der Waals surface area (Å²) in [6.07, 6.45) is 3.11. The van der Waals surface area contributed by atoms with Crippen molar-refractivity contribution in [3.05, 3.63) is 35.5 Å². The van der Waals surface area contributed by atoms with Crippen LogP contribution in [0.5, 0.6) is 5.75 Å². The number of benzene rings is 1. The molecular weight excluding hydrogens is 202 g/mol. The lowest BCUT2D eigenvalue weighted by molar-refractivity contribution is -0.119. The second-order valence-electron chi connectivity index (χ2n) is 3.80. The van der Waals surface area contributed by atoms with Gasteiger partial charge in [0.05, 0.1) is 7.11 Å². The maximum Gasteiger partial charge on any atom is 0.140 e. The van der Waals surface area contributed by atoms with Crippen molar-refractivity contribution in [3.8, 4) is 5.75 Å². The van der Waals surface area contributed by atoms with Crippen LogP contribution in [-0.4, -0.2) is 19.4 Å². The second kappa shape index (κ2) is 4.84. The summed E-state index contributed by atoms with van der Waals surface area (Å²) in [5, 5.41) is 3.23. The number of hydrogen-bond acceptors (Lipinski definition) is 3. The maximum atomic E-state index is 11.3. The van der Waals surface area contributed by atoms with Crippen LogP contribution >= 0.6 is 0 Å². The summed E-state index contributed by atoms with van der Waals surface area (Å²) in [4.78, 5) is 11.3. The van der Waals surface area contributed by atoms with Crippen molar-refractivity contribution in [1.82, 2.24) is 5.32 Å². The molecule has 0 radical (unpaired) electrons. The van der Waals surface area contributed by atoms with Gasteiger partial charge in [0, 0.05) is 30.6 Å². The van der Waals surface area contributed by atoms with Crippen molar-refractivity contribution in [2.75, 3.05) is 13.7 Å². The smallest absolute Gasteiger partial charge is 0.140 e. The van der Waals surface area contributed by atoms with Gasteiger partial charge in [-0.05, 0) is 12.1 Å². The Kier molecular flexibility index (Phi) is 3.25. The minimum absolute atomic E-state index is 0.292. The van der Waals surface area contributed by atoms with E-state index < -0.39 is 0 Å². The maximum absolute atomic E-state index is 11.3. The van der Waals surface area contributed by atoms with Crippen LogP contribution in [0.1, 0.15) is 18.4 Å². The van der Waals surface area contributed by atoms with Gasteiger partial charge in [-0.2, -0.15) is 0 Å². The van der Waals surface area contributed by atoms with E-state index in [1.807, 2.05) is 30.3 Å². The first-order valence-corrected chi connectivity index (χ1v) is 5.39. The molecule has 0 atom stereocenters. The highest BCUT2D eigenvalue weighted by atomic mass is 16.5. The molecule has 3 nitrogen and oxygen atoms in total. The van der Waals surface area contributed by atoms with Gasteiger partial charge in [0.15, 0.2) is 0 Å². The molecule has 0 bridgehead atoms. The van der Waals surface area contributed by atoms with E-state index in [1.165, 1.54) is 0 Å². The predicted molar refractivity (Wildman–Crippen MR) is 63.2 cm³/mol. The Morgan fingerprint density at radius 3 is 2.94 bits per heavy atom. The Morgan fingerprint density at radius 1 is 1.38 bits per heavy atom. The lowest BCUT2D eigenvalue weighted by Gasteiger charge is -2.16. The van der Waals surface area contributed by atoms with Crippen LogP contribution in [0.3, 0.4) is 0 Å². The fourth-order valence-corrected chi connectivity index (χ4v) is 1.80. The molecule has 84 valence electrons. The summed E-state index contributed by atoms with van der Waals surface area (Å²) in [6, 6.07) is 7.78. The van der Waals surface area contributed by atoms with Crippen LogP contribution in [-0.2, 0) is 4.79 Å². The molecule has 1 heterocycles. The van der Waals surface area contributed by atoms with E-state index in [4.69, 9.17) is 4.74 Å². The highest BCUT2D eigenvalue weighted by Crippen LogP contribution is 2.21. The molecule has 1 N–H and O–H groups in total. The van der Waals surface area contributed by atoms with Crippen LogP contribution in [0.2, 0.25) is 0 Å². The second-order valence-corrected chi connectivity index (χ2v) is 3.80. The Labute approximate surface area is 95.1 Å². The molecule has 1 aromatic carbocycles. The Morgan fingerprint density at radius 2 is 2.19 bits per heavy atom. The summed E-state index contributed by atoms with van der Waals surface area (Å²) in [7, 11) is 1.65. The minimum Gasteiger partial charge on any atom is -0.496 e. The van der Waals surface area contributed by atoms with Crippen molar-refractivity contribution in [1.29, 1.82) is 0 Å². The number of carbonyl (C=O) groups excluding carboxylic acids is 1. The molecule has 1 saturated heterocycles. The number of ether oxygens (including phenoxy) is 1. The van der Waals surface area contributed by atoms with E-state index in [9.17, 15) is 4.79 Å². The van der Waals surface area contributed by atoms with E-state index in [2.05, 4.69) is 5.32 Å². The number of carbonyl (C=O) groups is 1. The first kappa shape index (κ1) is 10.7. The molecule has 1 fully saturated rings. The number of rotatable bonds is 2. The molecule has 1 aromatic rings. The summed E-state index contributed by atoms with van der Waals surface area (Å²) >= 11 is 0. The van der Waals surface area contributed by atoms with Gasteiger partial charge >= 0.3 is 0 Å². The number of piperidine rings is 1. The first-order chi connectivity index (χ1) is 7.79. The third kappa shape index (κ3) is 2.42. The van der Waals surface area contributed by atoms with Crippen LogP contribution in [0, 0.1) is 0 Å². The topological polar surface area (TPSA) is 38.3 Å². The molecular formula is C13H15NO2. The fraction of sp³-hybridized carbons (Fsp3) is 0.308. The van der Waals surface area contributed by atoms with E-state index in [1.54, 1.807) is 7.11 Å². The Bertz CT molecular complexity index is 424. The molecule has 0 saturated carbocycles. The highest BCUT2D eigenvalue weighted by Gasteiger charge is 2.12. The van der Waals surface area contributed by atoms with Crippen molar-refractivity contribution >= 4 is 11.9 Å². The van der Waals surface area contributed by atoms with E-state index in [0.717, 1.165) is 23.6 Å². The van der Waals surface area contributed by atoms with Crippen LogP contribution < -0.4 is 10.1 Å². The minimum atomic E-state index is 0.292. The zero-order valence-corrected chi connectivity index (χ0v) is 9.32. The third-order valence-corrected chi connectivity index (χ3v) is 2.61. The standard InChI is InChI=1S/C13H15NO2/c1-16-13-5-3-2-4-10(13)8-11-9-12(15)6-7-14-11/h2-5,8,14H,6-7,9H2,1H3. The summed E-state index contributed by atoms with van der Waals surface area (Å²) in [5.74, 6) is 1.12. The number of Topliss-reactive ketones (excluding diaryl/α,β-unsaturated/α-hetero) is 1. The largest absolute Gasteiger partial charge is 0.496 e. The quantitative estimate of drug-likeness (QED) is 0.823. The number of nitrogens with one attached hydrogen (secondary N) is 1. The van der Waals surface area contributed by atoms with E-state index in [-0.39, 0.29) is 0 Å². The van der Waals surface area contributed by atoms with Gasteiger partial charge in [0.1, 0.15) is 11.5 Å². The van der Waals surface area contributed by atoms with Crippen molar-refractivity contribution in [2.45, 2.75) is 12.8 Å². The average molecular weight is 217 g/mol. The lowest BCUT2D eigenvalue weighted by Crippen LogP contribution is -2.25. The number of hydrogen-bond donors (Lipinski definition) is 1. The first-order valence-electron chi connectivity index (χ1n) is 5.39. The van der Waals surface area contributed by atoms with Gasteiger partial charge in [-0.3, -0.25) is 4.79 Å². The molecule has 0 spiro atoms. The van der Waals surface area contributed by atoms with Crippen LogP contribution in [0.25, 0.3) is 6.08 Å². The van der Waals surface area contributed by atoms with Gasteiger partial charge in [-0.15, -0.1) is 0 Å². The molecule has 1 aliphatic rings. The Hall–Kier alpha value is -1.77. The summed E-state index contributed by atoms with van der Waals surface area (Å²) in [6.45, 7) is 0.736. The Balaban J connectivity index is 2.24. The summed E-state index contributed by atoms with van der Waals surface area (Å²) < 4.78 is 5.26. The molecule has 0 aliphatic carbocycles. The van der Waals surface area contributed by atoms with Gasteiger partial charge in [-0.25, -0.2) is 0 Å². The lowest BCUT2D eigenvalue weighted by atomic mass is 10.1. The molecule has 0 aromatic heterocycles. The van der Waals surface area contributed by atoms with Crippen LogP contribution in [0.4, 0.5) is 0 Å². The monoisotopic (exact) mass is 217 g/mol. The number of para-hydroxylation sites is 1. The third-order valence-electron chi connectivity index (χ3n) is 2.61. The highest BCUT2D eigenvalue weighted by molar-refractivity contribution is 5.83. The van der Waals surface area contributed by atoms with E-state index >= 15 is 0 Å². The van der Waals surface area contributed by atoms with Crippen LogP contribution in [0.15, 0.2) is 30.0 Å². The van der Waals surface area contributed by atoms with Gasteiger partial charge in [-0.1, -0.05) is 18.2 Å². The van der Waals surface area contributed by atoms with Crippen molar-refractivity contribution in [2.24, 2.45) is 0 Å². The van der Waals surface area contributed by atoms with Crippen molar-refractivity contribution in [3.63, 3.8) is 0 Å². The zero-order chi connectivity index (χ0) is 11.4. The summed E-state index contributed by atoms with van der Waals surface area (Å²) in [5.41, 5.74) is 1.97. The molecule has 3 heteroatoms. The van der Waals surface area contributed by atoms with E-state index in [0.29, 0.717) is 18.6 Å². The fourth-order valence-electron chi connectivity index (χ4n) is 1.80. The zero-order valence-electron chi connectivity index (χ0n) is 9.32. The molecule has 16 heavy (non-hydrogen) atoms. The van der Waals surface area contributed by atoms with Gasteiger partial charge in [0.25, 0.3) is 0 Å². The molecule has 0 unspecified atom stereocenters. The van der Waals surface area contributed by atoms with Gasteiger partial charge < -0.3 is 10.1 Å². The van der Waals surface area contributed by atoms with Gasteiger partial charge in [0.2, 0.25) is 0 Å². The molecule has 0 amide bonds. The molecule has 1 aliphatic heterocycles. The number of allylic oxidation sites excluding steroid dienone is 1. The molecule has 2 rings (SSSR count). The average Bonchev–Trinajstić information content (AvgIpc) is 2.30. The van der Waals surface area contributed by atoms with Crippen molar-refractivity contribution < 1.29 is 9.53 Å². The SMILES string of the molecule is COc1ccccc1C=C1CC(=O)CCN1. The predicted octanol–water partition coefficient (Wildman–Crippen LogP) is 1.99. The number of ketones is 1.